The van der Waals surface area contributed by atoms with Gasteiger partial charge in [-0.2, -0.15) is 5.10 Å². The highest BCUT2D eigenvalue weighted by Crippen LogP contribution is 2.29. The molecule has 25 heavy (non-hydrogen) atoms. The van der Waals surface area contributed by atoms with Crippen LogP contribution in [0, 0.1) is 6.92 Å². The number of aromatic nitrogens is 3. The van der Waals surface area contributed by atoms with Gasteiger partial charge in [0.2, 0.25) is 0 Å². The molecule has 7 nitrogen and oxygen atoms in total. The van der Waals surface area contributed by atoms with E-state index < -0.39 is 0 Å². The van der Waals surface area contributed by atoms with Crippen molar-refractivity contribution in [2.24, 2.45) is 7.05 Å². The summed E-state index contributed by atoms with van der Waals surface area (Å²) in [4.78, 5) is 18.9. The van der Waals surface area contributed by atoms with Crippen LogP contribution < -0.4 is 10.1 Å². The van der Waals surface area contributed by atoms with E-state index in [9.17, 15) is 4.79 Å². The third kappa shape index (κ3) is 3.45. The van der Waals surface area contributed by atoms with Gasteiger partial charge in [-0.05, 0) is 24.6 Å². The number of hydrogen-bond donors (Lipinski definition) is 1. The number of rotatable bonds is 4. The van der Waals surface area contributed by atoms with Crippen LogP contribution in [-0.2, 0) is 7.05 Å². The van der Waals surface area contributed by atoms with Gasteiger partial charge in [-0.1, -0.05) is 19.9 Å². The van der Waals surface area contributed by atoms with Gasteiger partial charge in [0.05, 0.1) is 18.7 Å². The average Bonchev–Trinajstić information content (AvgIpc) is 2.88. The van der Waals surface area contributed by atoms with E-state index in [-0.39, 0.29) is 11.9 Å². The molecule has 0 spiro atoms. The van der Waals surface area contributed by atoms with E-state index in [1.54, 1.807) is 12.0 Å². The van der Waals surface area contributed by atoms with Crippen LogP contribution in [0.3, 0.4) is 0 Å². The Labute approximate surface area is 148 Å². The van der Waals surface area contributed by atoms with Crippen LogP contribution in [0.15, 0.2) is 18.2 Å². The normalized spacial score (nSPS) is 14.6. The Hall–Kier alpha value is -2.57. The number of hydrogen-bond acceptors (Lipinski definition) is 4. The number of ether oxygens (including phenoxy) is 1. The fourth-order valence-corrected chi connectivity index (χ4v) is 2.94. The first-order valence-electron chi connectivity index (χ1n) is 8.50. The minimum Gasteiger partial charge on any atom is -0.495 e. The number of nitrogens with zero attached hydrogens (tertiary/aromatic N) is 4. The van der Waals surface area contributed by atoms with Gasteiger partial charge in [0.1, 0.15) is 11.6 Å². The van der Waals surface area contributed by atoms with Gasteiger partial charge >= 0.3 is 6.03 Å². The fourth-order valence-electron chi connectivity index (χ4n) is 2.94. The average molecular weight is 343 g/mol. The highest BCUT2D eigenvalue weighted by molar-refractivity contribution is 5.91. The molecule has 3 rings (SSSR count). The van der Waals surface area contributed by atoms with Crippen LogP contribution in [-0.4, -0.2) is 45.9 Å². The van der Waals surface area contributed by atoms with Crippen molar-refractivity contribution in [3.63, 3.8) is 0 Å². The maximum atomic E-state index is 12.5. The number of carbonyl (C=O) groups is 1. The number of methoxy groups -OCH3 is 1. The Morgan fingerprint density at radius 1 is 1.36 bits per heavy atom. The number of nitrogens with one attached hydrogen (secondary N) is 1. The Bertz CT molecular complexity index is 778. The Morgan fingerprint density at radius 2 is 2.08 bits per heavy atom. The SMILES string of the molecule is COc1ccc(C)cc1NC(=O)N1CC(c2nc(C(C)C)nn2C)C1. The lowest BCUT2D eigenvalue weighted by atomic mass is 10.00. The minimum absolute atomic E-state index is 0.119. The van der Waals surface area contributed by atoms with Crippen molar-refractivity contribution in [1.29, 1.82) is 0 Å². The summed E-state index contributed by atoms with van der Waals surface area (Å²) in [6.45, 7) is 7.42. The number of urea groups is 1. The molecular formula is C18H25N5O2. The number of anilines is 1. The molecule has 0 atom stereocenters. The van der Waals surface area contributed by atoms with E-state index >= 15 is 0 Å². The Balaban J connectivity index is 1.63. The molecule has 1 N–H and O–H groups in total. The lowest BCUT2D eigenvalue weighted by Gasteiger charge is -2.38. The lowest BCUT2D eigenvalue weighted by Crippen LogP contribution is -2.51. The molecule has 2 aromatic rings. The second-order valence-corrected chi connectivity index (χ2v) is 6.84. The van der Waals surface area contributed by atoms with Gasteiger partial charge in [-0.15, -0.1) is 0 Å². The first kappa shape index (κ1) is 17.3. The van der Waals surface area contributed by atoms with E-state index in [1.165, 1.54) is 0 Å². The fraction of sp³-hybridized carbons (Fsp3) is 0.500. The smallest absolute Gasteiger partial charge is 0.321 e. The molecule has 1 aliphatic heterocycles. The van der Waals surface area contributed by atoms with Gasteiger partial charge in [0, 0.05) is 26.1 Å². The molecule has 0 saturated carbocycles. The molecule has 1 fully saturated rings. The zero-order valence-electron chi connectivity index (χ0n) is 15.4. The van der Waals surface area contributed by atoms with Crippen molar-refractivity contribution in [3.05, 3.63) is 35.4 Å². The molecule has 1 aliphatic rings. The van der Waals surface area contributed by atoms with Crippen LogP contribution in [0.1, 0.15) is 42.9 Å². The molecule has 7 heteroatoms. The van der Waals surface area contributed by atoms with E-state index in [1.807, 2.05) is 36.9 Å². The van der Waals surface area contributed by atoms with E-state index in [0.717, 1.165) is 17.2 Å². The van der Waals surface area contributed by atoms with E-state index in [4.69, 9.17) is 4.74 Å². The summed E-state index contributed by atoms with van der Waals surface area (Å²) in [5.41, 5.74) is 1.76. The lowest BCUT2D eigenvalue weighted by molar-refractivity contribution is 0.159. The summed E-state index contributed by atoms with van der Waals surface area (Å²) in [7, 11) is 3.51. The number of amides is 2. The predicted molar refractivity (Wildman–Crippen MR) is 96.2 cm³/mol. The maximum absolute atomic E-state index is 12.5. The number of likely N-dealkylation sites (tertiary alicyclic amines) is 1. The second-order valence-electron chi connectivity index (χ2n) is 6.84. The first-order chi connectivity index (χ1) is 11.9. The summed E-state index contributed by atoms with van der Waals surface area (Å²) < 4.78 is 7.14. The number of aryl methyl sites for hydroxylation is 2. The van der Waals surface area contributed by atoms with Crippen molar-refractivity contribution in [1.82, 2.24) is 19.7 Å². The van der Waals surface area contributed by atoms with Crippen molar-refractivity contribution < 1.29 is 9.53 Å². The number of benzene rings is 1. The Kier molecular flexibility index (Phi) is 4.65. The Morgan fingerprint density at radius 3 is 2.68 bits per heavy atom. The topological polar surface area (TPSA) is 72.3 Å². The third-order valence-corrected chi connectivity index (χ3v) is 4.46. The van der Waals surface area contributed by atoms with Gasteiger partial charge in [0.25, 0.3) is 0 Å². The monoisotopic (exact) mass is 343 g/mol. The molecule has 1 aromatic carbocycles. The summed E-state index contributed by atoms with van der Waals surface area (Å²) in [5, 5.41) is 7.39. The number of carbonyl (C=O) groups excluding carboxylic acids is 1. The van der Waals surface area contributed by atoms with Gasteiger partial charge in [-0.3, -0.25) is 4.68 Å². The summed E-state index contributed by atoms with van der Waals surface area (Å²) >= 11 is 0. The predicted octanol–water partition coefficient (Wildman–Crippen LogP) is 2.89. The van der Waals surface area contributed by atoms with E-state index in [0.29, 0.717) is 30.4 Å². The van der Waals surface area contributed by atoms with Crippen LogP contribution >= 0.6 is 0 Å². The zero-order valence-corrected chi connectivity index (χ0v) is 15.4. The van der Waals surface area contributed by atoms with Crippen molar-refractivity contribution in [2.75, 3.05) is 25.5 Å². The van der Waals surface area contributed by atoms with Gasteiger partial charge in [-0.25, -0.2) is 9.78 Å². The molecule has 0 radical (unpaired) electrons. The molecule has 1 saturated heterocycles. The van der Waals surface area contributed by atoms with Crippen molar-refractivity contribution >= 4 is 11.7 Å². The van der Waals surface area contributed by atoms with E-state index in [2.05, 4.69) is 29.2 Å². The van der Waals surface area contributed by atoms with Crippen LogP contribution in [0.5, 0.6) is 5.75 Å². The molecule has 0 unspecified atom stereocenters. The standard InChI is InChI=1S/C18H25N5O2/c1-11(2)16-20-17(22(4)21-16)13-9-23(10-13)18(24)19-14-8-12(3)6-7-15(14)25-5/h6-8,11,13H,9-10H2,1-5H3,(H,19,24). The van der Waals surface area contributed by atoms with Crippen LogP contribution in [0.2, 0.25) is 0 Å². The minimum atomic E-state index is -0.119. The highest BCUT2D eigenvalue weighted by atomic mass is 16.5. The summed E-state index contributed by atoms with van der Waals surface area (Å²) in [5.74, 6) is 2.99. The molecule has 0 bridgehead atoms. The zero-order chi connectivity index (χ0) is 18.1. The molecule has 0 aliphatic carbocycles. The van der Waals surface area contributed by atoms with Crippen molar-refractivity contribution in [2.45, 2.75) is 32.6 Å². The molecule has 1 aromatic heterocycles. The van der Waals surface area contributed by atoms with Crippen LogP contribution in [0.25, 0.3) is 0 Å². The first-order valence-corrected chi connectivity index (χ1v) is 8.50. The molecular weight excluding hydrogens is 318 g/mol. The highest BCUT2D eigenvalue weighted by Gasteiger charge is 2.35. The molecule has 2 heterocycles. The maximum Gasteiger partial charge on any atom is 0.321 e. The largest absolute Gasteiger partial charge is 0.495 e. The quantitative estimate of drug-likeness (QED) is 0.926. The summed E-state index contributed by atoms with van der Waals surface area (Å²) in [6, 6.07) is 5.60. The van der Waals surface area contributed by atoms with Crippen molar-refractivity contribution in [3.8, 4) is 5.75 Å². The van der Waals surface area contributed by atoms with Gasteiger partial charge in [0.15, 0.2) is 5.82 Å². The molecule has 134 valence electrons. The summed E-state index contributed by atoms with van der Waals surface area (Å²) in [6.07, 6.45) is 0. The van der Waals surface area contributed by atoms with Gasteiger partial charge < -0.3 is 15.0 Å². The molecule has 2 amide bonds. The second kappa shape index (κ2) is 6.74. The van der Waals surface area contributed by atoms with Crippen LogP contribution in [0.4, 0.5) is 10.5 Å². The third-order valence-electron chi connectivity index (χ3n) is 4.46.